The molecule has 2 aromatic rings. The summed E-state index contributed by atoms with van der Waals surface area (Å²) >= 11 is 5.98. The number of halogens is 1. The number of aryl methyl sites for hydroxylation is 1. The highest BCUT2D eigenvalue weighted by molar-refractivity contribution is 6.31. The molecular formula is C14H12ClNO3. The van der Waals surface area contributed by atoms with Crippen LogP contribution >= 0.6 is 11.6 Å². The van der Waals surface area contributed by atoms with Crippen molar-refractivity contribution in [3.8, 4) is 0 Å². The summed E-state index contributed by atoms with van der Waals surface area (Å²) in [5.74, 6) is -1.15. The Balaban J connectivity index is 2.26. The fraction of sp³-hybridized carbons (Fsp3) is 0.143. The molecule has 0 aliphatic carbocycles. The average Bonchev–Trinajstić information content (AvgIpc) is 2.79. The highest BCUT2D eigenvalue weighted by Gasteiger charge is 2.13. The summed E-state index contributed by atoms with van der Waals surface area (Å²) in [7, 11) is 0. The second kappa shape index (κ2) is 5.28. The van der Waals surface area contributed by atoms with Gasteiger partial charge in [0.1, 0.15) is 0 Å². The third kappa shape index (κ3) is 3.03. The molecule has 0 saturated carbocycles. The average molecular weight is 278 g/mol. The van der Waals surface area contributed by atoms with Crippen LogP contribution in [0.15, 0.2) is 30.3 Å². The Morgan fingerprint density at radius 3 is 2.63 bits per heavy atom. The monoisotopic (exact) mass is 277 g/mol. The minimum Gasteiger partial charge on any atom is -0.481 e. The first-order chi connectivity index (χ1) is 8.97. The van der Waals surface area contributed by atoms with Crippen molar-refractivity contribution in [2.75, 3.05) is 0 Å². The molecule has 0 saturated heterocycles. The van der Waals surface area contributed by atoms with Gasteiger partial charge in [0.25, 0.3) is 0 Å². The third-order valence-electron chi connectivity index (χ3n) is 2.77. The summed E-state index contributed by atoms with van der Waals surface area (Å²) in [6.45, 7) is 1.86. The molecule has 19 heavy (non-hydrogen) atoms. The van der Waals surface area contributed by atoms with Gasteiger partial charge in [0.15, 0.2) is 0 Å². The van der Waals surface area contributed by atoms with Crippen molar-refractivity contribution in [3.05, 3.63) is 57.9 Å². The zero-order valence-corrected chi connectivity index (χ0v) is 11.0. The fourth-order valence-electron chi connectivity index (χ4n) is 1.73. The molecule has 0 radical (unpaired) electrons. The van der Waals surface area contributed by atoms with Gasteiger partial charge in [-0.15, -0.1) is 0 Å². The van der Waals surface area contributed by atoms with Gasteiger partial charge in [0, 0.05) is 16.3 Å². The molecule has 0 bridgehead atoms. The SMILES string of the molecule is Cc1ccc(C(=O)c2ccc(CC(=O)O)[nH]2)cc1Cl. The molecule has 0 spiro atoms. The molecule has 1 aromatic heterocycles. The molecule has 0 fully saturated rings. The molecule has 0 amide bonds. The summed E-state index contributed by atoms with van der Waals surface area (Å²) in [6, 6.07) is 8.25. The Morgan fingerprint density at radius 1 is 1.26 bits per heavy atom. The number of nitrogens with one attached hydrogen (secondary N) is 1. The van der Waals surface area contributed by atoms with E-state index in [9.17, 15) is 9.59 Å². The lowest BCUT2D eigenvalue weighted by molar-refractivity contribution is -0.136. The van der Waals surface area contributed by atoms with Crippen LogP contribution in [-0.2, 0) is 11.2 Å². The topological polar surface area (TPSA) is 70.2 Å². The second-order valence-electron chi connectivity index (χ2n) is 4.26. The van der Waals surface area contributed by atoms with E-state index in [0.717, 1.165) is 5.56 Å². The van der Waals surface area contributed by atoms with Gasteiger partial charge in [-0.25, -0.2) is 0 Å². The molecule has 2 N–H and O–H groups in total. The number of benzene rings is 1. The van der Waals surface area contributed by atoms with E-state index in [4.69, 9.17) is 16.7 Å². The lowest BCUT2D eigenvalue weighted by atomic mass is 10.1. The number of carbonyl (C=O) groups excluding carboxylic acids is 1. The van der Waals surface area contributed by atoms with Gasteiger partial charge in [0.05, 0.1) is 12.1 Å². The minimum absolute atomic E-state index is 0.137. The van der Waals surface area contributed by atoms with Crippen LogP contribution in [-0.4, -0.2) is 21.8 Å². The number of hydrogen-bond donors (Lipinski definition) is 2. The molecule has 0 atom stereocenters. The van der Waals surface area contributed by atoms with Gasteiger partial charge in [0.2, 0.25) is 5.78 Å². The fourth-order valence-corrected chi connectivity index (χ4v) is 1.91. The van der Waals surface area contributed by atoms with E-state index in [2.05, 4.69) is 4.98 Å². The number of carboxylic acid groups (broad SMARTS) is 1. The van der Waals surface area contributed by atoms with Crippen molar-refractivity contribution in [3.63, 3.8) is 0 Å². The highest BCUT2D eigenvalue weighted by atomic mass is 35.5. The first kappa shape index (κ1) is 13.4. The van der Waals surface area contributed by atoms with E-state index in [1.807, 2.05) is 6.92 Å². The van der Waals surface area contributed by atoms with Crippen molar-refractivity contribution in [2.45, 2.75) is 13.3 Å². The molecule has 98 valence electrons. The van der Waals surface area contributed by atoms with E-state index in [1.165, 1.54) is 0 Å². The van der Waals surface area contributed by atoms with Gasteiger partial charge >= 0.3 is 5.97 Å². The van der Waals surface area contributed by atoms with Crippen LogP contribution in [0.3, 0.4) is 0 Å². The maximum absolute atomic E-state index is 12.2. The highest BCUT2D eigenvalue weighted by Crippen LogP contribution is 2.19. The smallest absolute Gasteiger partial charge is 0.309 e. The Hall–Kier alpha value is -2.07. The summed E-state index contributed by atoms with van der Waals surface area (Å²) in [5.41, 5.74) is 2.22. The Bertz CT molecular complexity index is 646. The Labute approximate surface area is 115 Å². The van der Waals surface area contributed by atoms with Crippen LogP contribution in [0.2, 0.25) is 5.02 Å². The largest absolute Gasteiger partial charge is 0.481 e. The van der Waals surface area contributed by atoms with Crippen molar-refractivity contribution >= 4 is 23.4 Å². The number of ketones is 1. The molecule has 1 heterocycles. The third-order valence-corrected chi connectivity index (χ3v) is 3.17. The van der Waals surface area contributed by atoms with Gasteiger partial charge in [-0.3, -0.25) is 9.59 Å². The summed E-state index contributed by atoms with van der Waals surface area (Å²) in [4.78, 5) is 25.6. The van der Waals surface area contributed by atoms with E-state index in [-0.39, 0.29) is 12.2 Å². The minimum atomic E-state index is -0.945. The van der Waals surface area contributed by atoms with Crippen LogP contribution in [0.5, 0.6) is 0 Å². The standard InChI is InChI=1S/C14H12ClNO3/c1-8-2-3-9(6-11(8)15)14(19)12-5-4-10(16-12)7-13(17)18/h2-6,16H,7H2,1H3,(H,17,18). The molecule has 1 aromatic carbocycles. The molecular weight excluding hydrogens is 266 g/mol. The normalized spacial score (nSPS) is 10.4. The summed E-state index contributed by atoms with van der Waals surface area (Å²) < 4.78 is 0. The number of H-pyrrole nitrogens is 1. The van der Waals surface area contributed by atoms with E-state index < -0.39 is 5.97 Å². The predicted octanol–water partition coefficient (Wildman–Crippen LogP) is 2.83. The number of carboxylic acids is 1. The number of aromatic amines is 1. The zero-order valence-electron chi connectivity index (χ0n) is 10.2. The van der Waals surface area contributed by atoms with Crippen molar-refractivity contribution in [1.82, 2.24) is 4.98 Å². The molecule has 5 heteroatoms. The first-order valence-corrected chi connectivity index (χ1v) is 6.05. The second-order valence-corrected chi connectivity index (χ2v) is 4.67. The van der Waals surface area contributed by atoms with E-state index in [1.54, 1.807) is 30.3 Å². The van der Waals surface area contributed by atoms with Crippen LogP contribution in [0.4, 0.5) is 0 Å². The van der Waals surface area contributed by atoms with E-state index >= 15 is 0 Å². The number of aliphatic carboxylic acids is 1. The van der Waals surface area contributed by atoms with Gasteiger partial charge in [-0.05, 0) is 30.7 Å². The van der Waals surface area contributed by atoms with Gasteiger partial charge in [-0.1, -0.05) is 23.7 Å². The lowest BCUT2D eigenvalue weighted by Crippen LogP contribution is -2.04. The predicted molar refractivity (Wildman–Crippen MR) is 71.8 cm³/mol. The Morgan fingerprint density at radius 2 is 2.00 bits per heavy atom. The maximum Gasteiger partial charge on any atom is 0.309 e. The number of rotatable bonds is 4. The molecule has 0 unspecified atom stereocenters. The summed E-state index contributed by atoms with van der Waals surface area (Å²) in [5, 5.41) is 9.21. The van der Waals surface area contributed by atoms with Crippen LogP contribution in [0, 0.1) is 6.92 Å². The van der Waals surface area contributed by atoms with Gasteiger partial charge < -0.3 is 10.1 Å². The summed E-state index contributed by atoms with van der Waals surface area (Å²) in [6.07, 6.45) is -0.137. The van der Waals surface area contributed by atoms with Crippen LogP contribution in [0.1, 0.15) is 27.3 Å². The number of aromatic nitrogens is 1. The molecule has 2 rings (SSSR count). The van der Waals surface area contributed by atoms with Crippen molar-refractivity contribution in [1.29, 1.82) is 0 Å². The van der Waals surface area contributed by atoms with Crippen LogP contribution in [0.25, 0.3) is 0 Å². The van der Waals surface area contributed by atoms with Gasteiger partial charge in [-0.2, -0.15) is 0 Å². The maximum atomic E-state index is 12.2. The van der Waals surface area contributed by atoms with Crippen molar-refractivity contribution < 1.29 is 14.7 Å². The molecule has 0 aliphatic heterocycles. The zero-order chi connectivity index (χ0) is 14.0. The Kier molecular flexibility index (Phi) is 3.71. The molecule has 4 nitrogen and oxygen atoms in total. The van der Waals surface area contributed by atoms with Crippen LogP contribution < -0.4 is 0 Å². The number of carbonyl (C=O) groups is 2. The molecule has 0 aliphatic rings. The lowest BCUT2D eigenvalue weighted by Gasteiger charge is -2.02. The van der Waals surface area contributed by atoms with E-state index in [0.29, 0.717) is 22.0 Å². The van der Waals surface area contributed by atoms with Crippen molar-refractivity contribution in [2.24, 2.45) is 0 Å². The first-order valence-electron chi connectivity index (χ1n) is 5.68. The quantitative estimate of drug-likeness (QED) is 0.844. The number of hydrogen-bond acceptors (Lipinski definition) is 2.